The monoisotopic (exact) mass is 422 g/mol. The number of hydrogen-bond acceptors (Lipinski definition) is 4. The second-order valence-corrected chi connectivity index (χ2v) is 7.35. The quantitative estimate of drug-likeness (QED) is 0.230. The zero-order valence-electron chi connectivity index (χ0n) is 17.9. The van der Waals surface area contributed by atoms with Gasteiger partial charge in [-0.3, -0.25) is 4.79 Å². The first-order valence-corrected chi connectivity index (χ1v) is 10.2. The van der Waals surface area contributed by atoms with Crippen LogP contribution in [-0.2, 0) is 6.61 Å². The van der Waals surface area contributed by atoms with E-state index in [0.717, 1.165) is 22.2 Å². The minimum Gasteiger partial charge on any atom is -0.493 e. The van der Waals surface area contributed by atoms with E-state index in [-0.39, 0.29) is 11.4 Å². The summed E-state index contributed by atoms with van der Waals surface area (Å²) in [7, 11) is 1.56. The van der Waals surface area contributed by atoms with E-state index in [1.54, 1.807) is 31.4 Å². The number of rotatable bonds is 7. The van der Waals surface area contributed by atoms with Crippen LogP contribution in [0.2, 0.25) is 0 Å². The number of aromatic nitrogens is 1. The molecule has 0 aliphatic carbocycles. The number of H-pyrrole nitrogens is 1. The molecule has 0 saturated carbocycles. The van der Waals surface area contributed by atoms with Crippen molar-refractivity contribution in [3.8, 4) is 17.6 Å². The molecular weight excluding hydrogens is 400 g/mol. The highest BCUT2D eigenvalue weighted by Gasteiger charge is 2.20. The first kappa shape index (κ1) is 21.0. The third-order valence-electron chi connectivity index (χ3n) is 5.22. The summed E-state index contributed by atoms with van der Waals surface area (Å²) in [5, 5.41) is 10.5. The maximum atomic E-state index is 13.2. The predicted octanol–water partition coefficient (Wildman–Crippen LogP) is 5.85. The Morgan fingerprint density at radius 3 is 2.53 bits per heavy atom. The lowest BCUT2D eigenvalue weighted by atomic mass is 9.99. The van der Waals surface area contributed by atoms with Crippen LogP contribution in [0.25, 0.3) is 17.0 Å². The van der Waals surface area contributed by atoms with Gasteiger partial charge in [0.25, 0.3) is 0 Å². The smallest absolute Gasteiger partial charge is 0.205 e. The second-order valence-electron chi connectivity index (χ2n) is 7.35. The van der Waals surface area contributed by atoms with Gasteiger partial charge in [0.1, 0.15) is 18.2 Å². The Balaban J connectivity index is 1.62. The van der Waals surface area contributed by atoms with Gasteiger partial charge in [-0.1, -0.05) is 54.6 Å². The predicted molar refractivity (Wildman–Crippen MR) is 125 cm³/mol. The largest absolute Gasteiger partial charge is 0.493 e. The number of ketones is 1. The standard InChI is InChI=1S/C27H22N2O3/c1-18-26(22-10-6-7-11-23(22)29-18)27(30)21(16-28)14-20-12-13-24(25(15-20)31-2)32-17-19-8-4-3-5-9-19/h3-15,29H,17H2,1-2H3/b21-14+. The number of ether oxygens (including phenoxy) is 2. The van der Waals surface area contributed by atoms with Crippen LogP contribution in [0, 0.1) is 18.3 Å². The van der Waals surface area contributed by atoms with Crippen molar-refractivity contribution in [3.05, 3.63) is 101 Å². The number of allylic oxidation sites excluding steroid dienone is 1. The van der Waals surface area contributed by atoms with Crippen LogP contribution in [-0.4, -0.2) is 17.9 Å². The number of nitriles is 1. The molecule has 1 heterocycles. The van der Waals surface area contributed by atoms with Crippen molar-refractivity contribution < 1.29 is 14.3 Å². The van der Waals surface area contributed by atoms with E-state index in [4.69, 9.17) is 9.47 Å². The van der Waals surface area contributed by atoms with E-state index in [2.05, 4.69) is 11.1 Å². The van der Waals surface area contributed by atoms with Crippen LogP contribution in [0.4, 0.5) is 0 Å². The Labute approximate surface area is 186 Å². The molecule has 4 aromatic rings. The summed E-state index contributed by atoms with van der Waals surface area (Å²) in [4.78, 5) is 16.4. The van der Waals surface area contributed by atoms with Gasteiger partial charge in [0.05, 0.1) is 12.7 Å². The normalized spacial score (nSPS) is 11.2. The third-order valence-corrected chi connectivity index (χ3v) is 5.22. The molecule has 0 amide bonds. The Bertz CT molecular complexity index is 1340. The molecule has 4 rings (SSSR count). The van der Waals surface area contributed by atoms with Crippen LogP contribution in [0.5, 0.6) is 11.5 Å². The molecule has 3 aromatic carbocycles. The topological polar surface area (TPSA) is 75.1 Å². The molecule has 0 saturated heterocycles. The second kappa shape index (κ2) is 9.23. The Hall–Kier alpha value is -4.30. The lowest BCUT2D eigenvalue weighted by Crippen LogP contribution is -2.03. The molecule has 0 bridgehead atoms. The van der Waals surface area contributed by atoms with Crippen molar-refractivity contribution in [2.75, 3.05) is 7.11 Å². The number of nitrogens with one attached hydrogen (secondary N) is 1. The summed E-state index contributed by atoms with van der Waals surface area (Å²) in [6.45, 7) is 2.25. The van der Waals surface area contributed by atoms with Crippen molar-refractivity contribution in [3.63, 3.8) is 0 Å². The summed E-state index contributed by atoms with van der Waals surface area (Å²) in [5.41, 5.74) is 3.90. The number of methoxy groups -OCH3 is 1. The lowest BCUT2D eigenvalue weighted by molar-refractivity contribution is 0.104. The van der Waals surface area contributed by atoms with Crippen molar-refractivity contribution in [2.24, 2.45) is 0 Å². The number of aromatic amines is 1. The fourth-order valence-electron chi connectivity index (χ4n) is 3.65. The summed E-state index contributed by atoms with van der Waals surface area (Å²) in [5.74, 6) is 0.805. The molecule has 0 radical (unpaired) electrons. The molecule has 1 aromatic heterocycles. The Morgan fingerprint density at radius 2 is 1.78 bits per heavy atom. The Morgan fingerprint density at radius 1 is 1.03 bits per heavy atom. The highest BCUT2D eigenvalue weighted by atomic mass is 16.5. The molecule has 0 spiro atoms. The average molecular weight is 422 g/mol. The van der Waals surface area contributed by atoms with Gasteiger partial charge in [0.2, 0.25) is 5.78 Å². The van der Waals surface area contributed by atoms with Crippen LogP contribution < -0.4 is 9.47 Å². The van der Waals surface area contributed by atoms with E-state index in [1.807, 2.05) is 61.5 Å². The number of hydrogen-bond donors (Lipinski definition) is 1. The highest BCUT2D eigenvalue weighted by molar-refractivity contribution is 6.20. The van der Waals surface area contributed by atoms with Gasteiger partial charge < -0.3 is 14.5 Å². The van der Waals surface area contributed by atoms with Gasteiger partial charge in [0, 0.05) is 16.6 Å². The molecule has 5 heteroatoms. The molecular formula is C27H22N2O3. The maximum Gasteiger partial charge on any atom is 0.205 e. The molecule has 0 fully saturated rings. The number of nitrogens with zero attached hydrogens (tertiary/aromatic N) is 1. The molecule has 5 nitrogen and oxygen atoms in total. The van der Waals surface area contributed by atoms with Gasteiger partial charge in [-0.05, 0) is 42.3 Å². The van der Waals surface area contributed by atoms with E-state index >= 15 is 0 Å². The fourth-order valence-corrected chi connectivity index (χ4v) is 3.65. The number of para-hydroxylation sites is 1. The molecule has 0 unspecified atom stereocenters. The van der Waals surface area contributed by atoms with Crippen molar-refractivity contribution >= 4 is 22.8 Å². The zero-order chi connectivity index (χ0) is 22.5. The average Bonchev–Trinajstić information content (AvgIpc) is 3.17. The van der Waals surface area contributed by atoms with Crippen LogP contribution in [0.3, 0.4) is 0 Å². The van der Waals surface area contributed by atoms with Crippen molar-refractivity contribution in [1.29, 1.82) is 5.26 Å². The van der Waals surface area contributed by atoms with Crippen LogP contribution in [0.15, 0.2) is 78.4 Å². The molecule has 0 aliphatic rings. The summed E-state index contributed by atoms with van der Waals surface area (Å²) in [6, 6.07) is 24.8. The van der Waals surface area contributed by atoms with Crippen molar-refractivity contribution in [2.45, 2.75) is 13.5 Å². The zero-order valence-corrected chi connectivity index (χ0v) is 17.9. The van der Waals surface area contributed by atoms with Gasteiger partial charge in [-0.15, -0.1) is 0 Å². The molecule has 1 N–H and O–H groups in total. The first-order chi connectivity index (χ1) is 15.6. The van der Waals surface area contributed by atoms with Crippen LogP contribution in [0.1, 0.15) is 27.2 Å². The molecule has 0 atom stereocenters. The summed E-state index contributed by atoms with van der Waals surface area (Å²) >= 11 is 0. The number of Topliss-reactive ketones (excluding diaryl/α,β-unsaturated/α-hetero) is 1. The Kier molecular flexibility index (Phi) is 6.05. The highest BCUT2D eigenvalue weighted by Crippen LogP contribution is 2.30. The lowest BCUT2D eigenvalue weighted by Gasteiger charge is -2.11. The summed E-state index contributed by atoms with van der Waals surface area (Å²) < 4.78 is 11.4. The minimum atomic E-state index is -0.314. The number of carbonyl (C=O) groups excluding carboxylic acids is 1. The fraction of sp³-hybridized carbons (Fsp3) is 0.111. The molecule has 32 heavy (non-hydrogen) atoms. The van der Waals surface area contributed by atoms with E-state index < -0.39 is 0 Å². The number of fused-ring (bicyclic) bond motifs is 1. The van der Waals surface area contributed by atoms with Crippen LogP contribution >= 0.6 is 0 Å². The van der Waals surface area contributed by atoms with E-state index in [9.17, 15) is 10.1 Å². The number of aryl methyl sites for hydroxylation is 1. The molecule has 0 aliphatic heterocycles. The van der Waals surface area contributed by atoms with Gasteiger partial charge in [-0.2, -0.15) is 5.26 Å². The first-order valence-electron chi connectivity index (χ1n) is 10.2. The number of benzene rings is 3. The van der Waals surface area contributed by atoms with Gasteiger partial charge in [-0.25, -0.2) is 0 Å². The minimum absolute atomic E-state index is 0.0536. The van der Waals surface area contributed by atoms with Gasteiger partial charge >= 0.3 is 0 Å². The van der Waals surface area contributed by atoms with Crippen molar-refractivity contribution in [1.82, 2.24) is 4.98 Å². The number of carbonyl (C=O) groups is 1. The molecule has 158 valence electrons. The van der Waals surface area contributed by atoms with E-state index in [0.29, 0.717) is 29.2 Å². The maximum absolute atomic E-state index is 13.2. The summed E-state index contributed by atoms with van der Waals surface area (Å²) in [6.07, 6.45) is 1.58. The SMILES string of the molecule is COc1cc(/C=C(\C#N)C(=O)c2c(C)[nH]c3ccccc23)ccc1OCc1ccccc1. The third kappa shape index (κ3) is 4.26. The van der Waals surface area contributed by atoms with Gasteiger partial charge in [0.15, 0.2) is 11.5 Å². The van der Waals surface area contributed by atoms with E-state index in [1.165, 1.54) is 0 Å².